The molecule has 0 unspecified atom stereocenters. The zero-order valence-electron chi connectivity index (χ0n) is 11.1. The van der Waals surface area contributed by atoms with Gasteiger partial charge in [0.15, 0.2) is 0 Å². The van der Waals surface area contributed by atoms with E-state index < -0.39 is 0 Å². The number of carbonyl (C=O) groups excluding carboxylic acids is 1. The number of rotatable bonds is 3. The van der Waals surface area contributed by atoms with Crippen LogP contribution in [0.2, 0.25) is 0 Å². The minimum atomic E-state index is -0.224. The van der Waals surface area contributed by atoms with E-state index >= 15 is 0 Å². The number of nitrogen functional groups attached to an aromatic ring is 1. The molecule has 1 aromatic carbocycles. The van der Waals surface area contributed by atoms with Gasteiger partial charge in [-0.2, -0.15) is 5.26 Å². The Bertz CT molecular complexity index is 607. The van der Waals surface area contributed by atoms with E-state index in [1.54, 1.807) is 29.2 Å². The molecule has 5 nitrogen and oxygen atoms in total. The first kappa shape index (κ1) is 13.8. The molecule has 3 N–H and O–H groups in total. The van der Waals surface area contributed by atoms with Crippen molar-refractivity contribution in [3.05, 3.63) is 34.9 Å². The summed E-state index contributed by atoms with van der Waals surface area (Å²) in [6.07, 6.45) is 4.68. The zero-order valence-corrected chi connectivity index (χ0v) is 11.1. The number of nitrogens with zero attached hydrogens (tertiary/aromatic N) is 2. The minimum Gasteiger partial charge on any atom is -0.398 e. The molecule has 1 aromatic rings. The fourth-order valence-electron chi connectivity index (χ4n) is 2.21. The van der Waals surface area contributed by atoms with Gasteiger partial charge in [0.2, 0.25) is 0 Å². The Morgan fingerprint density at radius 2 is 2.10 bits per heavy atom. The zero-order chi connectivity index (χ0) is 14.5. The third kappa shape index (κ3) is 2.86. The highest BCUT2D eigenvalue weighted by Gasteiger charge is 2.21. The van der Waals surface area contributed by atoms with E-state index in [4.69, 9.17) is 16.4 Å². The highest BCUT2D eigenvalue weighted by Crippen LogP contribution is 2.17. The van der Waals surface area contributed by atoms with Crippen molar-refractivity contribution in [3.63, 3.8) is 0 Å². The summed E-state index contributed by atoms with van der Waals surface area (Å²) in [6, 6.07) is 7.05. The summed E-state index contributed by atoms with van der Waals surface area (Å²) in [6.45, 7) is 1.43. The molecule has 102 valence electrons. The van der Waals surface area contributed by atoms with Crippen molar-refractivity contribution in [2.24, 2.45) is 0 Å². The van der Waals surface area contributed by atoms with Gasteiger partial charge in [0.25, 0.3) is 5.91 Å². The standard InChI is InChI=1S/C15H16N4O/c16-9-12-7-11(3-4-14(12)18)8-13(10-17)15(20)19-5-1-2-6-19/h3-4,7-9,16H,1-2,5-6,18H2/b13-8+,16-9?. The van der Waals surface area contributed by atoms with Gasteiger partial charge in [0, 0.05) is 30.6 Å². The molecule has 2 rings (SSSR count). The number of likely N-dealkylation sites (tertiary alicyclic amines) is 1. The van der Waals surface area contributed by atoms with Crippen LogP contribution in [0, 0.1) is 16.7 Å². The van der Waals surface area contributed by atoms with Crippen LogP contribution in [-0.4, -0.2) is 30.1 Å². The Hall–Kier alpha value is -2.61. The maximum absolute atomic E-state index is 12.2. The quantitative estimate of drug-likeness (QED) is 0.379. The molecule has 0 atom stereocenters. The van der Waals surface area contributed by atoms with Gasteiger partial charge in [-0.05, 0) is 36.6 Å². The van der Waals surface area contributed by atoms with E-state index in [1.807, 2.05) is 6.07 Å². The third-order valence-electron chi connectivity index (χ3n) is 3.32. The van der Waals surface area contributed by atoms with Crippen LogP contribution >= 0.6 is 0 Å². The van der Waals surface area contributed by atoms with E-state index in [1.165, 1.54) is 0 Å². The second kappa shape index (κ2) is 6.02. The second-order valence-electron chi connectivity index (χ2n) is 4.70. The average Bonchev–Trinajstić information content (AvgIpc) is 2.99. The van der Waals surface area contributed by atoms with E-state index in [-0.39, 0.29) is 11.5 Å². The van der Waals surface area contributed by atoms with Gasteiger partial charge in [-0.15, -0.1) is 0 Å². The molecule has 1 aliphatic heterocycles. The fourth-order valence-corrected chi connectivity index (χ4v) is 2.21. The van der Waals surface area contributed by atoms with Gasteiger partial charge in [0.1, 0.15) is 11.6 Å². The Morgan fingerprint density at radius 1 is 1.40 bits per heavy atom. The number of hydrogen-bond acceptors (Lipinski definition) is 4. The summed E-state index contributed by atoms with van der Waals surface area (Å²) >= 11 is 0. The molecule has 20 heavy (non-hydrogen) atoms. The smallest absolute Gasteiger partial charge is 0.264 e. The first-order chi connectivity index (χ1) is 9.65. The molecule has 0 aromatic heterocycles. The van der Waals surface area contributed by atoms with Crippen LogP contribution in [-0.2, 0) is 4.79 Å². The van der Waals surface area contributed by atoms with Crippen LogP contribution in [0.4, 0.5) is 5.69 Å². The van der Waals surface area contributed by atoms with Crippen molar-refractivity contribution < 1.29 is 4.79 Å². The number of hydrogen-bond donors (Lipinski definition) is 2. The summed E-state index contributed by atoms with van der Waals surface area (Å²) in [5, 5.41) is 16.4. The number of amides is 1. The lowest BCUT2D eigenvalue weighted by Crippen LogP contribution is -2.28. The number of anilines is 1. The average molecular weight is 268 g/mol. The number of nitriles is 1. The SMILES string of the molecule is N#C/C(=C\c1ccc(N)c(C=N)c1)C(=O)N1CCCC1. The van der Waals surface area contributed by atoms with Crippen molar-refractivity contribution in [3.8, 4) is 6.07 Å². The van der Waals surface area contributed by atoms with Gasteiger partial charge < -0.3 is 16.0 Å². The maximum atomic E-state index is 12.2. The van der Waals surface area contributed by atoms with Crippen molar-refractivity contribution >= 4 is 23.9 Å². The fraction of sp³-hybridized carbons (Fsp3) is 0.267. The molecule has 1 fully saturated rings. The summed E-state index contributed by atoms with van der Waals surface area (Å²) in [7, 11) is 0. The van der Waals surface area contributed by atoms with Gasteiger partial charge in [0.05, 0.1) is 0 Å². The van der Waals surface area contributed by atoms with E-state index in [9.17, 15) is 4.79 Å². The van der Waals surface area contributed by atoms with Crippen LogP contribution in [0.1, 0.15) is 24.0 Å². The Labute approximate surface area is 117 Å². The van der Waals surface area contributed by atoms with E-state index in [0.29, 0.717) is 29.9 Å². The third-order valence-corrected chi connectivity index (χ3v) is 3.32. The number of carbonyl (C=O) groups is 1. The molecule has 1 saturated heterocycles. The van der Waals surface area contributed by atoms with Crippen molar-refractivity contribution in [2.45, 2.75) is 12.8 Å². The Kier molecular flexibility index (Phi) is 4.16. The largest absolute Gasteiger partial charge is 0.398 e. The first-order valence-electron chi connectivity index (χ1n) is 6.47. The van der Waals surface area contributed by atoms with Gasteiger partial charge in [-0.3, -0.25) is 4.79 Å². The lowest BCUT2D eigenvalue weighted by Gasteiger charge is -2.14. The Morgan fingerprint density at radius 3 is 2.70 bits per heavy atom. The molecular weight excluding hydrogens is 252 g/mol. The lowest BCUT2D eigenvalue weighted by atomic mass is 10.1. The number of nitrogens with one attached hydrogen (secondary N) is 1. The molecule has 1 aliphatic rings. The lowest BCUT2D eigenvalue weighted by molar-refractivity contribution is -0.125. The molecule has 0 bridgehead atoms. The van der Waals surface area contributed by atoms with Crippen LogP contribution in [0.5, 0.6) is 0 Å². The van der Waals surface area contributed by atoms with Crippen molar-refractivity contribution in [1.82, 2.24) is 4.90 Å². The van der Waals surface area contributed by atoms with E-state index in [2.05, 4.69) is 0 Å². The van der Waals surface area contributed by atoms with Crippen LogP contribution in [0.3, 0.4) is 0 Å². The Balaban J connectivity index is 2.29. The van der Waals surface area contributed by atoms with Crippen molar-refractivity contribution in [2.75, 3.05) is 18.8 Å². The maximum Gasteiger partial charge on any atom is 0.264 e. The molecular formula is C15H16N4O. The molecule has 0 aliphatic carbocycles. The predicted octanol–water partition coefficient (Wildman–Crippen LogP) is 1.80. The van der Waals surface area contributed by atoms with Crippen molar-refractivity contribution in [1.29, 1.82) is 10.7 Å². The van der Waals surface area contributed by atoms with Crippen LogP contribution < -0.4 is 5.73 Å². The highest BCUT2D eigenvalue weighted by molar-refractivity contribution is 6.02. The summed E-state index contributed by atoms with van der Waals surface area (Å²) < 4.78 is 0. The monoisotopic (exact) mass is 268 g/mol. The molecule has 0 saturated carbocycles. The summed E-state index contributed by atoms with van der Waals surface area (Å²) in [5.74, 6) is -0.224. The van der Waals surface area contributed by atoms with Gasteiger partial charge >= 0.3 is 0 Å². The molecule has 0 spiro atoms. The predicted molar refractivity (Wildman–Crippen MR) is 78.1 cm³/mol. The van der Waals surface area contributed by atoms with Crippen LogP contribution in [0.25, 0.3) is 6.08 Å². The molecule has 1 heterocycles. The van der Waals surface area contributed by atoms with E-state index in [0.717, 1.165) is 19.1 Å². The van der Waals surface area contributed by atoms with Gasteiger partial charge in [-0.1, -0.05) is 6.07 Å². The number of benzene rings is 1. The molecule has 0 radical (unpaired) electrons. The first-order valence-corrected chi connectivity index (χ1v) is 6.47. The van der Waals surface area contributed by atoms with Crippen LogP contribution in [0.15, 0.2) is 23.8 Å². The number of nitrogens with two attached hydrogens (primary N) is 1. The molecule has 5 heteroatoms. The summed E-state index contributed by atoms with van der Waals surface area (Å²) in [5.41, 5.74) is 7.60. The minimum absolute atomic E-state index is 0.118. The topological polar surface area (TPSA) is 94.0 Å². The summed E-state index contributed by atoms with van der Waals surface area (Å²) in [4.78, 5) is 13.9. The molecule has 1 amide bonds. The second-order valence-corrected chi connectivity index (χ2v) is 4.70. The van der Waals surface area contributed by atoms with Gasteiger partial charge in [-0.25, -0.2) is 0 Å². The normalized spacial score (nSPS) is 14.9. The highest BCUT2D eigenvalue weighted by atomic mass is 16.2.